The van der Waals surface area contributed by atoms with Gasteiger partial charge < -0.3 is 10.4 Å². The van der Waals surface area contributed by atoms with Crippen molar-refractivity contribution in [1.82, 2.24) is 5.32 Å². The minimum Gasteiger partial charge on any atom is -0.387 e. The summed E-state index contributed by atoms with van der Waals surface area (Å²) in [7, 11) is 0. The van der Waals surface area contributed by atoms with Crippen LogP contribution in [0, 0.1) is 23.2 Å². The Bertz CT molecular complexity index is 524. The lowest BCUT2D eigenvalue weighted by Crippen LogP contribution is -2.37. The molecular formula is C21H33NO2. The SMILES string of the molecule is CC(C)C1CCC(C)(C)CC1CC(=O)NC[C@H](O)c1ccccc1. The van der Waals surface area contributed by atoms with Crippen molar-refractivity contribution in [3.05, 3.63) is 35.9 Å². The van der Waals surface area contributed by atoms with E-state index in [0.717, 1.165) is 12.0 Å². The van der Waals surface area contributed by atoms with Crippen molar-refractivity contribution < 1.29 is 9.90 Å². The molecule has 0 saturated heterocycles. The number of amides is 1. The van der Waals surface area contributed by atoms with Crippen molar-refractivity contribution in [3.8, 4) is 0 Å². The van der Waals surface area contributed by atoms with Crippen LogP contribution >= 0.6 is 0 Å². The zero-order valence-corrected chi connectivity index (χ0v) is 15.6. The highest BCUT2D eigenvalue weighted by Crippen LogP contribution is 2.45. The largest absolute Gasteiger partial charge is 0.387 e. The van der Waals surface area contributed by atoms with Gasteiger partial charge in [-0.1, -0.05) is 58.0 Å². The first-order valence-corrected chi connectivity index (χ1v) is 9.28. The second kappa shape index (κ2) is 8.15. The number of hydrogen-bond acceptors (Lipinski definition) is 2. The monoisotopic (exact) mass is 331 g/mol. The molecule has 0 aliphatic heterocycles. The van der Waals surface area contributed by atoms with Crippen LogP contribution in [0.1, 0.15) is 65.0 Å². The third-order valence-electron chi connectivity index (χ3n) is 5.56. The summed E-state index contributed by atoms with van der Waals surface area (Å²) in [6, 6.07) is 9.49. The molecule has 1 saturated carbocycles. The van der Waals surface area contributed by atoms with Crippen LogP contribution in [-0.2, 0) is 4.79 Å². The third kappa shape index (κ3) is 5.34. The Morgan fingerprint density at radius 3 is 2.58 bits per heavy atom. The van der Waals surface area contributed by atoms with Crippen molar-refractivity contribution in [1.29, 1.82) is 0 Å². The van der Waals surface area contributed by atoms with Crippen molar-refractivity contribution in [2.24, 2.45) is 23.2 Å². The number of aliphatic hydroxyl groups is 1. The standard InChI is InChI=1S/C21H33NO2/c1-15(2)18-10-11-21(3,4)13-17(18)12-20(24)22-14-19(23)16-8-6-5-7-9-16/h5-9,15,17-19,23H,10-14H2,1-4H3,(H,22,24)/t17?,18?,19-/m0/s1. The molecule has 0 heterocycles. The fraction of sp³-hybridized carbons (Fsp3) is 0.667. The van der Waals surface area contributed by atoms with E-state index in [2.05, 4.69) is 33.0 Å². The molecule has 0 spiro atoms. The second-order valence-corrected chi connectivity index (χ2v) is 8.51. The van der Waals surface area contributed by atoms with E-state index in [1.165, 1.54) is 12.8 Å². The highest BCUT2D eigenvalue weighted by Gasteiger charge is 2.37. The Kier molecular flexibility index (Phi) is 6.45. The molecular weight excluding hydrogens is 298 g/mol. The third-order valence-corrected chi connectivity index (χ3v) is 5.56. The van der Waals surface area contributed by atoms with E-state index in [0.29, 0.717) is 29.6 Å². The molecule has 3 atom stereocenters. The van der Waals surface area contributed by atoms with Gasteiger partial charge in [0.2, 0.25) is 5.91 Å². The highest BCUT2D eigenvalue weighted by molar-refractivity contribution is 5.76. The highest BCUT2D eigenvalue weighted by atomic mass is 16.3. The summed E-state index contributed by atoms with van der Waals surface area (Å²) < 4.78 is 0. The molecule has 1 fully saturated rings. The van der Waals surface area contributed by atoms with Crippen LogP contribution in [0.3, 0.4) is 0 Å². The molecule has 134 valence electrons. The van der Waals surface area contributed by atoms with Crippen molar-refractivity contribution in [2.45, 2.75) is 59.5 Å². The van der Waals surface area contributed by atoms with Gasteiger partial charge in [0.1, 0.15) is 0 Å². The summed E-state index contributed by atoms with van der Waals surface area (Å²) in [6.45, 7) is 9.45. The van der Waals surface area contributed by atoms with E-state index in [9.17, 15) is 9.90 Å². The molecule has 2 unspecified atom stereocenters. The average Bonchev–Trinajstić information content (AvgIpc) is 2.52. The van der Waals surface area contributed by atoms with E-state index < -0.39 is 6.10 Å². The van der Waals surface area contributed by atoms with Crippen LogP contribution in [0.25, 0.3) is 0 Å². The Hall–Kier alpha value is -1.35. The summed E-state index contributed by atoms with van der Waals surface area (Å²) in [6.07, 6.45) is 3.52. The van der Waals surface area contributed by atoms with Crippen molar-refractivity contribution in [3.63, 3.8) is 0 Å². The van der Waals surface area contributed by atoms with Crippen LogP contribution in [-0.4, -0.2) is 17.6 Å². The summed E-state index contributed by atoms with van der Waals surface area (Å²) in [5, 5.41) is 13.1. The lowest BCUT2D eigenvalue weighted by Gasteiger charge is -2.42. The minimum absolute atomic E-state index is 0.0679. The van der Waals surface area contributed by atoms with Crippen LogP contribution < -0.4 is 5.32 Å². The first-order chi connectivity index (χ1) is 11.3. The second-order valence-electron chi connectivity index (χ2n) is 8.51. The first-order valence-electron chi connectivity index (χ1n) is 9.28. The van der Waals surface area contributed by atoms with Crippen LogP contribution in [0.2, 0.25) is 0 Å². The van der Waals surface area contributed by atoms with Gasteiger partial charge in [-0.2, -0.15) is 0 Å². The van der Waals surface area contributed by atoms with Gasteiger partial charge in [-0.05, 0) is 48.0 Å². The minimum atomic E-state index is -0.640. The molecule has 0 aromatic heterocycles. The molecule has 3 nitrogen and oxygen atoms in total. The number of nitrogens with one attached hydrogen (secondary N) is 1. The maximum absolute atomic E-state index is 12.4. The molecule has 1 aliphatic carbocycles. The van der Waals surface area contributed by atoms with Crippen LogP contribution in [0.4, 0.5) is 0 Å². The zero-order valence-electron chi connectivity index (χ0n) is 15.6. The summed E-state index contributed by atoms with van der Waals surface area (Å²) >= 11 is 0. The molecule has 2 N–H and O–H groups in total. The number of aliphatic hydroxyl groups excluding tert-OH is 1. The van der Waals surface area contributed by atoms with Gasteiger partial charge in [0, 0.05) is 13.0 Å². The van der Waals surface area contributed by atoms with Gasteiger partial charge in [-0.25, -0.2) is 0 Å². The van der Waals surface area contributed by atoms with Gasteiger partial charge in [0.05, 0.1) is 6.10 Å². The van der Waals surface area contributed by atoms with Crippen molar-refractivity contribution in [2.75, 3.05) is 6.54 Å². The van der Waals surface area contributed by atoms with E-state index in [-0.39, 0.29) is 12.5 Å². The zero-order chi connectivity index (χ0) is 17.7. The maximum Gasteiger partial charge on any atom is 0.220 e. The smallest absolute Gasteiger partial charge is 0.220 e. The van der Waals surface area contributed by atoms with Gasteiger partial charge in [0.25, 0.3) is 0 Å². The fourth-order valence-corrected chi connectivity index (χ4v) is 4.17. The molecule has 3 heteroatoms. The van der Waals surface area contributed by atoms with Gasteiger partial charge in [0.15, 0.2) is 0 Å². The molecule has 24 heavy (non-hydrogen) atoms. The van der Waals surface area contributed by atoms with E-state index >= 15 is 0 Å². The molecule has 1 aromatic carbocycles. The Morgan fingerprint density at radius 2 is 1.96 bits per heavy atom. The molecule has 1 amide bonds. The lowest BCUT2D eigenvalue weighted by atomic mass is 9.63. The van der Waals surface area contributed by atoms with Crippen molar-refractivity contribution >= 4 is 5.91 Å². The predicted molar refractivity (Wildman–Crippen MR) is 98.5 cm³/mol. The Labute approximate surface area is 146 Å². The molecule has 0 radical (unpaired) electrons. The molecule has 2 rings (SSSR count). The topological polar surface area (TPSA) is 49.3 Å². The summed E-state index contributed by atoms with van der Waals surface area (Å²) in [4.78, 5) is 12.4. The van der Waals surface area contributed by atoms with E-state index in [1.54, 1.807) is 0 Å². The van der Waals surface area contributed by atoms with E-state index in [1.807, 2.05) is 30.3 Å². The van der Waals surface area contributed by atoms with Gasteiger partial charge in [-0.15, -0.1) is 0 Å². The van der Waals surface area contributed by atoms with Crippen LogP contribution in [0.15, 0.2) is 30.3 Å². The Balaban J connectivity index is 1.87. The molecule has 1 aliphatic rings. The number of hydrogen-bond donors (Lipinski definition) is 2. The Morgan fingerprint density at radius 1 is 1.29 bits per heavy atom. The number of benzene rings is 1. The maximum atomic E-state index is 12.4. The molecule has 1 aromatic rings. The lowest BCUT2D eigenvalue weighted by molar-refractivity contribution is -0.123. The molecule has 0 bridgehead atoms. The van der Waals surface area contributed by atoms with Gasteiger partial charge >= 0.3 is 0 Å². The number of carbonyl (C=O) groups is 1. The van der Waals surface area contributed by atoms with Crippen LogP contribution in [0.5, 0.6) is 0 Å². The van der Waals surface area contributed by atoms with E-state index in [4.69, 9.17) is 0 Å². The fourth-order valence-electron chi connectivity index (χ4n) is 4.17. The quantitative estimate of drug-likeness (QED) is 0.815. The average molecular weight is 332 g/mol. The first kappa shape index (κ1) is 19.0. The van der Waals surface area contributed by atoms with Gasteiger partial charge in [-0.3, -0.25) is 4.79 Å². The summed E-state index contributed by atoms with van der Waals surface area (Å²) in [5.41, 5.74) is 1.18. The number of rotatable bonds is 6. The predicted octanol–water partition coefficient (Wildman–Crippen LogP) is 4.32. The summed E-state index contributed by atoms with van der Waals surface area (Å²) in [5.74, 6) is 1.76. The normalized spacial score (nSPS) is 24.6. The number of carbonyl (C=O) groups excluding carboxylic acids is 1.